The first-order valence-electron chi connectivity index (χ1n) is 5.35. The van der Waals surface area contributed by atoms with E-state index in [1.807, 2.05) is 0 Å². The molecule has 5 nitrogen and oxygen atoms in total. The molecule has 0 saturated carbocycles. The largest absolute Gasteiger partial charge is 0.298 e. The van der Waals surface area contributed by atoms with E-state index in [9.17, 15) is 0 Å². The maximum absolute atomic E-state index is 5.28. The van der Waals surface area contributed by atoms with Crippen molar-refractivity contribution in [3.63, 3.8) is 0 Å². The number of hydrogen-bond donors (Lipinski definition) is 2. The molecule has 0 bridgehead atoms. The molecule has 0 aliphatic rings. The molecular formula is C10H15N5S2. The highest BCUT2D eigenvalue weighted by Gasteiger charge is 2.09. The Morgan fingerprint density at radius 1 is 1.41 bits per heavy atom. The van der Waals surface area contributed by atoms with E-state index in [-0.39, 0.29) is 0 Å². The van der Waals surface area contributed by atoms with Crippen LogP contribution in [-0.2, 0) is 13.1 Å². The van der Waals surface area contributed by atoms with Gasteiger partial charge >= 0.3 is 0 Å². The van der Waals surface area contributed by atoms with Crippen LogP contribution in [0.15, 0.2) is 17.5 Å². The maximum Gasteiger partial charge on any atom is 0.219 e. The summed E-state index contributed by atoms with van der Waals surface area (Å²) in [6.45, 7) is 4.91. The Labute approximate surface area is 108 Å². The minimum Gasteiger partial charge on any atom is -0.298 e. The molecule has 0 aliphatic heterocycles. The summed E-state index contributed by atoms with van der Waals surface area (Å²) >= 11 is 3.27. The number of rotatable bonds is 6. The van der Waals surface area contributed by atoms with Crippen molar-refractivity contribution in [2.24, 2.45) is 5.84 Å². The smallest absolute Gasteiger partial charge is 0.219 e. The van der Waals surface area contributed by atoms with E-state index in [4.69, 9.17) is 5.84 Å². The van der Waals surface area contributed by atoms with Gasteiger partial charge in [0.1, 0.15) is 5.01 Å². The average Bonchev–Trinajstić information content (AvgIpc) is 2.99. The number of nitrogen functional groups attached to an aromatic ring is 1. The summed E-state index contributed by atoms with van der Waals surface area (Å²) in [6, 6.07) is 4.23. The zero-order valence-electron chi connectivity index (χ0n) is 9.59. The molecule has 0 aromatic carbocycles. The topological polar surface area (TPSA) is 67.1 Å². The standard InChI is InChI=1S/C10H15N5S2/c1-2-15(6-8-4-3-5-16-8)7-9-13-14-10(12-11)17-9/h3-5H,2,6-7,11H2,1H3,(H,12,14). The summed E-state index contributed by atoms with van der Waals surface area (Å²) in [6.07, 6.45) is 0. The normalized spacial score (nSPS) is 11.0. The van der Waals surface area contributed by atoms with Gasteiger partial charge in [0.15, 0.2) is 0 Å². The molecule has 0 fully saturated rings. The first-order valence-corrected chi connectivity index (χ1v) is 7.05. The summed E-state index contributed by atoms with van der Waals surface area (Å²) in [4.78, 5) is 3.70. The van der Waals surface area contributed by atoms with Gasteiger partial charge in [-0.3, -0.25) is 10.3 Å². The Bertz CT molecular complexity index is 439. The summed E-state index contributed by atoms with van der Waals surface area (Å²) < 4.78 is 0. The molecule has 0 radical (unpaired) electrons. The first kappa shape index (κ1) is 12.4. The molecular weight excluding hydrogens is 254 g/mol. The molecule has 2 aromatic rings. The molecule has 17 heavy (non-hydrogen) atoms. The third-order valence-electron chi connectivity index (χ3n) is 2.36. The van der Waals surface area contributed by atoms with Crippen LogP contribution in [0.2, 0.25) is 0 Å². The summed E-state index contributed by atoms with van der Waals surface area (Å²) in [5.74, 6) is 5.28. The highest BCUT2D eigenvalue weighted by atomic mass is 32.1. The van der Waals surface area contributed by atoms with Crippen LogP contribution in [0.1, 0.15) is 16.8 Å². The lowest BCUT2D eigenvalue weighted by molar-refractivity contribution is 0.273. The van der Waals surface area contributed by atoms with E-state index in [2.05, 4.69) is 45.0 Å². The lowest BCUT2D eigenvalue weighted by atomic mass is 10.4. The number of anilines is 1. The van der Waals surface area contributed by atoms with Gasteiger partial charge in [0.2, 0.25) is 5.13 Å². The fourth-order valence-electron chi connectivity index (χ4n) is 1.47. The molecule has 7 heteroatoms. The average molecular weight is 269 g/mol. The van der Waals surface area contributed by atoms with E-state index < -0.39 is 0 Å². The summed E-state index contributed by atoms with van der Waals surface area (Å²) in [7, 11) is 0. The minimum absolute atomic E-state index is 0.659. The predicted molar refractivity (Wildman–Crippen MR) is 71.8 cm³/mol. The van der Waals surface area contributed by atoms with Crippen LogP contribution in [0.25, 0.3) is 0 Å². The Hall–Kier alpha value is -1.02. The first-order chi connectivity index (χ1) is 8.31. The Morgan fingerprint density at radius 2 is 2.29 bits per heavy atom. The number of hydrazine groups is 1. The van der Waals surface area contributed by atoms with Crippen molar-refractivity contribution >= 4 is 27.8 Å². The van der Waals surface area contributed by atoms with E-state index in [1.54, 1.807) is 11.3 Å². The molecule has 2 aromatic heterocycles. The van der Waals surface area contributed by atoms with Crippen molar-refractivity contribution in [1.29, 1.82) is 0 Å². The van der Waals surface area contributed by atoms with Gasteiger partial charge < -0.3 is 0 Å². The molecule has 0 spiro atoms. The van der Waals surface area contributed by atoms with Gasteiger partial charge in [-0.2, -0.15) is 0 Å². The highest BCUT2D eigenvalue weighted by Crippen LogP contribution is 2.18. The Kier molecular flexibility index (Phi) is 4.43. The van der Waals surface area contributed by atoms with Crippen LogP contribution < -0.4 is 11.3 Å². The van der Waals surface area contributed by atoms with Gasteiger partial charge in [0.25, 0.3) is 0 Å². The molecule has 2 heterocycles. The summed E-state index contributed by atoms with van der Waals surface area (Å²) in [5.41, 5.74) is 2.51. The molecule has 3 N–H and O–H groups in total. The van der Waals surface area contributed by atoms with Crippen LogP contribution in [0, 0.1) is 0 Å². The van der Waals surface area contributed by atoms with Gasteiger partial charge in [-0.05, 0) is 18.0 Å². The van der Waals surface area contributed by atoms with Gasteiger partial charge in [0, 0.05) is 11.4 Å². The second-order valence-corrected chi connectivity index (χ2v) is 5.62. The zero-order chi connectivity index (χ0) is 12.1. The molecule has 0 amide bonds. The van der Waals surface area contributed by atoms with E-state index in [1.165, 1.54) is 16.2 Å². The lowest BCUT2D eigenvalue weighted by Gasteiger charge is -2.17. The predicted octanol–water partition coefficient (Wildman–Crippen LogP) is 1.91. The quantitative estimate of drug-likeness (QED) is 0.619. The van der Waals surface area contributed by atoms with Crippen molar-refractivity contribution in [3.8, 4) is 0 Å². The number of aromatic nitrogens is 2. The second kappa shape index (κ2) is 6.06. The molecule has 0 atom stereocenters. The third-order valence-corrected chi connectivity index (χ3v) is 4.06. The maximum atomic E-state index is 5.28. The Balaban J connectivity index is 1.95. The number of nitrogens with zero attached hydrogens (tertiary/aromatic N) is 3. The molecule has 0 saturated heterocycles. The summed E-state index contributed by atoms with van der Waals surface area (Å²) in [5, 5.41) is 11.8. The molecule has 0 aliphatic carbocycles. The molecule has 92 valence electrons. The Morgan fingerprint density at radius 3 is 2.88 bits per heavy atom. The van der Waals surface area contributed by atoms with Gasteiger partial charge in [0.05, 0.1) is 6.54 Å². The molecule has 0 unspecified atom stereocenters. The number of thiophene rings is 1. The SMILES string of the molecule is CCN(Cc1cccs1)Cc1nnc(NN)s1. The van der Waals surface area contributed by atoms with E-state index in [0.717, 1.165) is 24.6 Å². The highest BCUT2D eigenvalue weighted by molar-refractivity contribution is 7.15. The lowest BCUT2D eigenvalue weighted by Crippen LogP contribution is -2.21. The number of nitrogens with one attached hydrogen (secondary N) is 1. The van der Waals surface area contributed by atoms with Gasteiger partial charge in [-0.25, -0.2) is 5.84 Å². The van der Waals surface area contributed by atoms with Crippen LogP contribution in [-0.4, -0.2) is 21.6 Å². The second-order valence-electron chi connectivity index (χ2n) is 3.53. The number of hydrogen-bond acceptors (Lipinski definition) is 7. The van der Waals surface area contributed by atoms with Crippen molar-refractivity contribution < 1.29 is 0 Å². The van der Waals surface area contributed by atoms with Crippen LogP contribution in [0.5, 0.6) is 0 Å². The monoisotopic (exact) mass is 269 g/mol. The van der Waals surface area contributed by atoms with Crippen molar-refractivity contribution in [2.75, 3.05) is 12.0 Å². The van der Waals surface area contributed by atoms with Crippen LogP contribution in [0.4, 0.5) is 5.13 Å². The fourth-order valence-corrected chi connectivity index (χ4v) is 2.91. The van der Waals surface area contributed by atoms with Gasteiger partial charge in [-0.15, -0.1) is 21.5 Å². The van der Waals surface area contributed by atoms with Crippen molar-refractivity contribution in [3.05, 3.63) is 27.4 Å². The fraction of sp³-hybridized carbons (Fsp3) is 0.400. The number of nitrogens with two attached hydrogens (primary N) is 1. The zero-order valence-corrected chi connectivity index (χ0v) is 11.2. The minimum atomic E-state index is 0.659. The van der Waals surface area contributed by atoms with Crippen molar-refractivity contribution in [2.45, 2.75) is 20.0 Å². The van der Waals surface area contributed by atoms with Crippen LogP contribution >= 0.6 is 22.7 Å². The van der Waals surface area contributed by atoms with E-state index in [0.29, 0.717) is 5.13 Å². The third kappa shape index (κ3) is 3.47. The van der Waals surface area contributed by atoms with Crippen molar-refractivity contribution in [1.82, 2.24) is 15.1 Å². The van der Waals surface area contributed by atoms with E-state index >= 15 is 0 Å². The van der Waals surface area contributed by atoms with Gasteiger partial charge in [-0.1, -0.05) is 24.3 Å². The molecule has 2 rings (SSSR count). The van der Waals surface area contributed by atoms with Crippen LogP contribution in [0.3, 0.4) is 0 Å².